The lowest BCUT2D eigenvalue weighted by molar-refractivity contribution is -0.401. The average molecular weight is 441 g/mol. The lowest BCUT2D eigenvalue weighted by Crippen LogP contribution is -2.71. The molecule has 2 aromatic carbocycles. The predicted octanol–water partition coefficient (Wildman–Crippen LogP) is 0.272. The Labute approximate surface area is 178 Å². The maximum absolute atomic E-state index is 10.7. The van der Waals surface area contributed by atoms with Gasteiger partial charge in [0.1, 0.15) is 29.7 Å². The van der Waals surface area contributed by atoms with Crippen molar-refractivity contribution in [3.05, 3.63) is 64.2 Å². The molecule has 1 saturated heterocycles. The van der Waals surface area contributed by atoms with E-state index in [4.69, 9.17) is 21.1 Å². The van der Waals surface area contributed by atoms with Gasteiger partial charge in [0.25, 0.3) is 0 Å². The molecule has 164 valence electrons. The van der Waals surface area contributed by atoms with Gasteiger partial charge >= 0.3 is 0 Å². The van der Waals surface area contributed by atoms with Crippen LogP contribution in [0.1, 0.15) is 16.7 Å². The molecule has 0 spiro atoms. The Morgan fingerprint density at radius 2 is 1.63 bits per heavy atom. The summed E-state index contributed by atoms with van der Waals surface area (Å²) in [4.78, 5) is 0. The van der Waals surface area contributed by atoms with Gasteiger partial charge in [0.05, 0.1) is 13.2 Å². The van der Waals surface area contributed by atoms with Gasteiger partial charge in [-0.3, -0.25) is 0 Å². The van der Waals surface area contributed by atoms with Gasteiger partial charge in [0.15, 0.2) is 0 Å². The van der Waals surface area contributed by atoms with Crippen LogP contribution in [0.25, 0.3) is 0 Å². The van der Waals surface area contributed by atoms with Gasteiger partial charge in [-0.05, 0) is 41.8 Å². The summed E-state index contributed by atoms with van der Waals surface area (Å²) in [7, 11) is 1.24. The van der Waals surface area contributed by atoms with E-state index in [1.165, 1.54) is 13.2 Å². The number of aliphatic hydroxyl groups excluding tert-OH is 5. The molecule has 0 unspecified atom stereocenters. The zero-order valence-electron chi connectivity index (χ0n) is 16.3. The third kappa shape index (κ3) is 3.81. The minimum absolute atomic E-state index is 0.132. The van der Waals surface area contributed by atoms with E-state index in [2.05, 4.69) is 0 Å². The molecule has 1 aliphatic rings. The Bertz CT molecular complexity index is 870. The molecule has 2 aromatic rings. The first kappa shape index (κ1) is 22.9. The summed E-state index contributed by atoms with van der Waals surface area (Å²) in [6.07, 6.45) is -4.87. The van der Waals surface area contributed by atoms with E-state index in [1.54, 1.807) is 36.4 Å². The molecular formula is C21H25ClO8. The van der Waals surface area contributed by atoms with Crippen LogP contribution in [-0.4, -0.2) is 74.9 Å². The average Bonchev–Trinajstić information content (AvgIpc) is 2.76. The lowest BCUT2D eigenvalue weighted by Gasteiger charge is -2.52. The fourth-order valence-corrected chi connectivity index (χ4v) is 3.89. The minimum atomic E-state index is -1.99. The number of phenolic OH excluding ortho intramolecular Hbond substituents is 1. The van der Waals surface area contributed by atoms with Gasteiger partial charge in [-0.25, -0.2) is 0 Å². The van der Waals surface area contributed by atoms with Crippen molar-refractivity contribution >= 4 is 11.6 Å². The number of methoxy groups -OCH3 is 1. The predicted molar refractivity (Wildman–Crippen MR) is 107 cm³/mol. The van der Waals surface area contributed by atoms with Crippen molar-refractivity contribution in [3.63, 3.8) is 0 Å². The molecule has 0 bridgehead atoms. The highest BCUT2D eigenvalue weighted by Gasteiger charge is 2.61. The first-order valence-electron chi connectivity index (χ1n) is 9.31. The van der Waals surface area contributed by atoms with Crippen molar-refractivity contribution in [1.82, 2.24) is 0 Å². The highest BCUT2D eigenvalue weighted by molar-refractivity contribution is 6.31. The maximum Gasteiger partial charge on any atom is 0.225 e. The standard InChI is InChI=1S/C21H25ClO8/c1-29-21(19(28)17(26)18(27)20(10-23,11-24)30-21)14-4-7-16(22)13(9-14)8-12-2-5-15(25)6-3-12/h2-7,9,17-19,23-28H,8,10-11H2,1H3/t17-,18-,19+,21-/m0/s1. The number of aromatic hydroxyl groups is 1. The van der Waals surface area contributed by atoms with Crippen LogP contribution >= 0.6 is 11.6 Å². The molecule has 1 aliphatic heterocycles. The summed E-state index contributed by atoms with van der Waals surface area (Å²) < 4.78 is 11.3. The third-order valence-corrected chi connectivity index (χ3v) is 5.92. The van der Waals surface area contributed by atoms with E-state index in [-0.39, 0.29) is 11.3 Å². The van der Waals surface area contributed by atoms with Crippen molar-refractivity contribution in [1.29, 1.82) is 0 Å². The highest BCUT2D eigenvalue weighted by atomic mass is 35.5. The maximum atomic E-state index is 10.7. The first-order valence-corrected chi connectivity index (χ1v) is 9.69. The molecule has 3 rings (SSSR count). The van der Waals surface area contributed by atoms with Crippen LogP contribution < -0.4 is 0 Å². The Morgan fingerprint density at radius 3 is 2.20 bits per heavy atom. The Hall–Kier alpha value is -1.75. The van der Waals surface area contributed by atoms with E-state index < -0.39 is 42.9 Å². The quantitative estimate of drug-likeness (QED) is 0.376. The second-order valence-corrected chi connectivity index (χ2v) is 7.79. The van der Waals surface area contributed by atoms with E-state index in [9.17, 15) is 30.6 Å². The van der Waals surface area contributed by atoms with Crippen molar-refractivity contribution in [3.8, 4) is 5.75 Å². The monoisotopic (exact) mass is 440 g/mol. The number of ether oxygens (including phenoxy) is 2. The Balaban J connectivity index is 2.06. The van der Waals surface area contributed by atoms with Crippen LogP contribution in [0.2, 0.25) is 5.02 Å². The molecule has 0 amide bonds. The zero-order valence-corrected chi connectivity index (χ0v) is 17.0. The van der Waals surface area contributed by atoms with Crippen LogP contribution in [0.3, 0.4) is 0 Å². The first-order chi connectivity index (χ1) is 14.2. The molecule has 6 N–H and O–H groups in total. The number of hydrogen-bond donors (Lipinski definition) is 6. The molecule has 30 heavy (non-hydrogen) atoms. The molecule has 8 nitrogen and oxygen atoms in total. The molecule has 0 aliphatic carbocycles. The van der Waals surface area contributed by atoms with Crippen LogP contribution in [0.4, 0.5) is 0 Å². The van der Waals surface area contributed by atoms with Gasteiger partial charge in [-0.15, -0.1) is 0 Å². The number of aliphatic hydroxyl groups is 5. The van der Waals surface area contributed by atoms with Crippen molar-refractivity contribution < 1.29 is 40.1 Å². The van der Waals surface area contributed by atoms with E-state index in [0.717, 1.165) is 5.56 Å². The number of phenols is 1. The van der Waals surface area contributed by atoms with Crippen molar-refractivity contribution in [2.75, 3.05) is 20.3 Å². The Kier molecular flexibility index (Phi) is 6.71. The van der Waals surface area contributed by atoms with Gasteiger partial charge in [0.2, 0.25) is 5.79 Å². The van der Waals surface area contributed by atoms with E-state index >= 15 is 0 Å². The van der Waals surface area contributed by atoms with Crippen LogP contribution in [0.5, 0.6) is 5.75 Å². The molecule has 1 heterocycles. The van der Waals surface area contributed by atoms with Gasteiger partial charge in [-0.2, -0.15) is 0 Å². The molecule has 0 saturated carbocycles. The highest BCUT2D eigenvalue weighted by Crippen LogP contribution is 2.44. The zero-order chi connectivity index (χ0) is 22.1. The second kappa shape index (κ2) is 8.78. The third-order valence-electron chi connectivity index (χ3n) is 5.55. The molecule has 1 fully saturated rings. The van der Waals surface area contributed by atoms with E-state index in [1.807, 2.05) is 0 Å². The largest absolute Gasteiger partial charge is 0.508 e. The lowest BCUT2D eigenvalue weighted by atomic mass is 9.81. The molecular weight excluding hydrogens is 416 g/mol. The molecule has 0 aromatic heterocycles. The molecule has 0 radical (unpaired) electrons. The van der Waals surface area contributed by atoms with Gasteiger partial charge < -0.3 is 40.1 Å². The number of halogens is 1. The normalized spacial score (nSPS) is 28.4. The number of rotatable bonds is 6. The number of benzene rings is 2. The fraction of sp³-hybridized carbons (Fsp3) is 0.429. The topological polar surface area (TPSA) is 140 Å². The van der Waals surface area contributed by atoms with E-state index in [0.29, 0.717) is 17.0 Å². The van der Waals surface area contributed by atoms with Crippen LogP contribution in [0, 0.1) is 0 Å². The summed E-state index contributed by atoms with van der Waals surface area (Å²) in [6.45, 7) is -1.65. The molecule has 4 atom stereocenters. The van der Waals surface area contributed by atoms with Crippen molar-refractivity contribution in [2.24, 2.45) is 0 Å². The van der Waals surface area contributed by atoms with Gasteiger partial charge in [-0.1, -0.05) is 29.8 Å². The summed E-state index contributed by atoms with van der Waals surface area (Å²) in [5.74, 6) is -1.86. The summed E-state index contributed by atoms with van der Waals surface area (Å²) in [6, 6.07) is 11.3. The Morgan fingerprint density at radius 1 is 1.00 bits per heavy atom. The summed E-state index contributed by atoms with van der Waals surface area (Å²) >= 11 is 6.34. The minimum Gasteiger partial charge on any atom is -0.508 e. The van der Waals surface area contributed by atoms with Gasteiger partial charge in [0, 0.05) is 17.7 Å². The second-order valence-electron chi connectivity index (χ2n) is 7.38. The summed E-state index contributed by atoms with van der Waals surface area (Å²) in [5, 5.41) is 60.9. The fourth-order valence-electron chi connectivity index (χ4n) is 3.70. The molecule has 9 heteroatoms. The van der Waals surface area contributed by atoms with Crippen molar-refractivity contribution in [2.45, 2.75) is 36.1 Å². The smallest absolute Gasteiger partial charge is 0.225 e. The SMILES string of the molecule is CO[C@@]1(c2ccc(Cl)c(Cc3ccc(O)cc3)c2)OC(CO)(CO)[C@@H](O)[C@H](O)[C@H]1O. The van der Waals surface area contributed by atoms with Crippen LogP contribution in [-0.2, 0) is 21.7 Å². The number of hydrogen-bond acceptors (Lipinski definition) is 8. The van der Waals surface area contributed by atoms with Crippen LogP contribution in [0.15, 0.2) is 42.5 Å². The summed E-state index contributed by atoms with van der Waals surface area (Å²) in [5.41, 5.74) is -0.191.